The van der Waals surface area contributed by atoms with Gasteiger partial charge >= 0.3 is 11.9 Å². The Morgan fingerprint density at radius 2 is 1.76 bits per heavy atom. The van der Waals surface area contributed by atoms with Gasteiger partial charge in [-0.3, -0.25) is 24.0 Å². The van der Waals surface area contributed by atoms with E-state index in [2.05, 4.69) is 10.6 Å². The maximum atomic E-state index is 12.9. The molecule has 1 aliphatic rings. The van der Waals surface area contributed by atoms with E-state index in [9.17, 15) is 33.9 Å². The molecule has 1 rings (SSSR count). The minimum absolute atomic E-state index is 0.186. The summed E-state index contributed by atoms with van der Waals surface area (Å²) in [5, 5.41) is 22.9. The molecule has 0 aromatic carbocycles. The molecule has 0 aromatic heterocycles. The lowest BCUT2D eigenvalue weighted by molar-refractivity contribution is -0.144. The van der Waals surface area contributed by atoms with Gasteiger partial charge in [-0.2, -0.15) is 11.8 Å². The van der Waals surface area contributed by atoms with Crippen LogP contribution in [0.2, 0.25) is 0 Å². The summed E-state index contributed by atoms with van der Waals surface area (Å²) in [6.45, 7) is 0.251. The van der Waals surface area contributed by atoms with Crippen molar-refractivity contribution in [1.29, 1.82) is 0 Å². The van der Waals surface area contributed by atoms with Gasteiger partial charge in [0.25, 0.3) is 0 Å². The molecule has 33 heavy (non-hydrogen) atoms. The van der Waals surface area contributed by atoms with Crippen LogP contribution in [0, 0.1) is 0 Å². The highest BCUT2D eigenvalue weighted by molar-refractivity contribution is 7.98. The Morgan fingerprint density at radius 1 is 1.09 bits per heavy atom. The fourth-order valence-corrected chi connectivity index (χ4v) is 3.86. The van der Waals surface area contributed by atoms with Gasteiger partial charge in [0, 0.05) is 13.0 Å². The molecular weight excluding hydrogens is 458 g/mol. The number of carbonyl (C=O) groups excluding carboxylic acids is 4. The molecule has 4 atom stereocenters. The van der Waals surface area contributed by atoms with E-state index < -0.39 is 66.2 Å². The van der Waals surface area contributed by atoms with E-state index in [1.807, 2.05) is 0 Å². The third-order valence-electron chi connectivity index (χ3n) is 5.08. The number of aliphatic carboxylic acids is 2. The molecule has 0 spiro atoms. The molecule has 4 unspecified atom stereocenters. The maximum Gasteiger partial charge on any atom is 0.326 e. The largest absolute Gasteiger partial charge is 0.481 e. The first-order valence-electron chi connectivity index (χ1n) is 10.4. The van der Waals surface area contributed by atoms with Crippen molar-refractivity contribution in [3.63, 3.8) is 0 Å². The second-order valence-corrected chi connectivity index (χ2v) is 8.63. The monoisotopic (exact) mass is 489 g/mol. The number of thioether (sulfide) groups is 1. The summed E-state index contributed by atoms with van der Waals surface area (Å²) in [7, 11) is 0. The molecular formula is C19H31N5O8S. The average Bonchev–Trinajstić information content (AvgIpc) is 3.22. The summed E-state index contributed by atoms with van der Waals surface area (Å²) in [4.78, 5) is 72.6. The number of primary amides is 1. The summed E-state index contributed by atoms with van der Waals surface area (Å²) in [6, 6.07) is -4.60. The number of nitrogens with one attached hydrogen (secondary N) is 2. The number of hydrogen-bond acceptors (Lipinski definition) is 8. The summed E-state index contributed by atoms with van der Waals surface area (Å²) < 4.78 is 0. The van der Waals surface area contributed by atoms with Gasteiger partial charge in [0.2, 0.25) is 23.6 Å². The molecule has 4 amide bonds. The smallest absolute Gasteiger partial charge is 0.326 e. The molecule has 0 saturated carbocycles. The molecule has 186 valence electrons. The predicted molar refractivity (Wildman–Crippen MR) is 118 cm³/mol. The van der Waals surface area contributed by atoms with Crippen LogP contribution in [0.3, 0.4) is 0 Å². The number of nitrogens with two attached hydrogens (primary N) is 2. The molecule has 13 nitrogen and oxygen atoms in total. The minimum Gasteiger partial charge on any atom is -0.481 e. The summed E-state index contributed by atoms with van der Waals surface area (Å²) in [5.74, 6) is -4.85. The first-order valence-corrected chi connectivity index (χ1v) is 11.8. The Labute approximate surface area is 195 Å². The lowest BCUT2D eigenvalue weighted by atomic mass is 10.1. The molecule has 1 aliphatic heterocycles. The molecule has 1 heterocycles. The topological polar surface area (TPSA) is 222 Å². The van der Waals surface area contributed by atoms with E-state index in [1.54, 1.807) is 6.26 Å². The van der Waals surface area contributed by atoms with Crippen molar-refractivity contribution in [2.24, 2.45) is 11.5 Å². The van der Waals surface area contributed by atoms with Gasteiger partial charge in [0.1, 0.15) is 18.1 Å². The number of carbonyl (C=O) groups is 6. The fraction of sp³-hybridized carbons (Fsp3) is 0.684. The SMILES string of the molecule is CSCCC(NC(=O)C1CCCN1C(=O)C(N)CC(N)=O)C(=O)NC(CCC(=O)O)C(=O)O. The van der Waals surface area contributed by atoms with Crippen molar-refractivity contribution in [2.75, 3.05) is 18.6 Å². The van der Waals surface area contributed by atoms with E-state index in [1.165, 1.54) is 16.7 Å². The Morgan fingerprint density at radius 3 is 2.30 bits per heavy atom. The van der Waals surface area contributed by atoms with Gasteiger partial charge < -0.3 is 37.2 Å². The molecule has 1 saturated heterocycles. The van der Waals surface area contributed by atoms with E-state index in [0.29, 0.717) is 18.6 Å². The molecule has 0 bridgehead atoms. The minimum atomic E-state index is -1.43. The van der Waals surface area contributed by atoms with Gasteiger partial charge in [-0.25, -0.2) is 4.79 Å². The lowest BCUT2D eigenvalue weighted by Crippen LogP contribution is -2.57. The zero-order chi connectivity index (χ0) is 25.1. The number of carboxylic acids is 2. The van der Waals surface area contributed by atoms with Crippen molar-refractivity contribution in [1.82, 2.24) is 15.5 Å². The van der Waals surface area contributed by atoms with Crippen molar-refractivity contribution in [3.8, 4) is 0 Å². The lowest BCUT2D eigenvalue weighted by Gasteiger charge is -2.28. The van der Waals surface area contributed by atoms with Crippen LogP contribution in [0.25, 0.3) is 0 Å². The van der Waals surface area contributed by atoms with Crippen LogP contribution in [0.5, 0.6) is 0 Å². The second-order valence-electron chi connectivity index (χ2n) is 7.64. The first kappa shape index (κ1) is 28.2. The second kappa shape index (κ2) is 13.6. The van der Waals surface area contributed by atoms with E-state index in [4.69, 9.17) is 16.6 Å². The molecule has 0 aliphatic carbocycles. The standard InChI is InChI=1S/C19H31N5O8S/c1-33-8-6-11(16(28)23-12(19(31)32)4-5-15(26)27)22-17(29)13-3-2-7-24(13)18(30)10(20)9-14(21)25/h10-13H,2-9,20H2,1H3,(H2,21,25)(H,22,29)(H,23,28)(H,26,27)(H,31,32). The average molecular weight is 490 g/mol. The number of likely N-dealkylation sites (tertiary alicyclic amines) is 1. The van der Waals surface area contributed by atoms with Crippen LogP contribution in [0.4, 0.5) is 0 Å². The van der Waals surface area contributed by atoms with Crippen LogP contribution >= 0.6 is 11.8 Å². The molecule has 14 heteroatoms. The van der Waals surface area contributed by atoms with Crippen LogP contribution in [-0.2, 0) is 28.8 Å². The zero-order valence-corrected chi connectivity index (χ0v) is 19.1. The van der Waals surface area contributed by atoms with E-state index in [0.717, 1.165) is 0 Å². The third-order valence-corrected chi connectivity index (χ3v) is 5.73. The molecule has 0 aromatic rings. The normalized spacial score (nSPS) is 18.1. The Hall–Kier alpha value is -2.87. The highest BCUT2D eigenvalue weighted by Gasteiger charge is 2.38. The third kappa shape index (κ3) is 9.26. The quantitative estimate of drug-likeness (QED) is 0.155. The molecule has 8 N–H and O–H groups in total. The summed E-state index contributed by atoms with van der Waals surface area (Å²) in [5.41, 5.74) is 10.8. The first-order chi connectivity index (χ1) is 15.5. The van der Waals surface area contributed by atoms with Gasteiger partial charge in [-0.05, 0) is 37.7 Å². The number of hydrogen-bond donors (Lipinski definition) is 6. The zero-order valence-electron chi connectivity index (χ0n) is 18.3. The van der Waals surface area contributed by atoms with E-state index >= 15 is 0 Å². The van der Waals surface area contributed by atoms with Crippen LogP contribution < -0.4 is 22.1 Å². The molecule has 0 radical (unpaired) electrons. The van der Waals surface area contributed by atoms with Crippen LogP contribution in [-0.4, -0.2) is 93.4 Å². The summed E-state index contributed by atoms with van der Waals surface area (Å²) >= 11 is 1.41. The van der Waals surface area contributed by atoms with Crippen LogP contribution in [0.1, 0.15) is 38.5 Å². The summed E-state index contributed by atoms with van der Waals surface area (Å²) in [6.07, 6.45) is 1.69. The van der Waals surface area contributed by atoms with Crippen LogP contribution in [0.15, 0.2) is 0 Å². The van der Waals surface area contributed by atoms with Gasteiger partial charge in [0.15, 0.2) is 0 Å². The van der Waals surface area contributed by atoms with Crippen molar-refractivity contribution in [3.05, 3.63) is 0 Å². The fourth-order valence-electron chi connectivity index (χ4n) is 3.39. The van der Waals surface area contributed by atoms with Crippen molar-refractivity contribution >= 4 is 47.3 Å². The Kier molecular flexibility index (Phi) is 11.6. The van der Waals surface area contributed by atoms with Gasteiger partial charge in [-0.15, -0.1) is 0 Å². The van der Waals surface area contributed by atoms with Crippen molar-refractivity contribution < 1.29 is 39.0 Å². The Bertz CT molecular complexity index is 764. The van der Waals surface area contributed by atoms with Gasteiger partial charge in [-0.1, -0.05) is 0 Å². The van der Waals surface area contributed by atoms with Gasteiger partial charge in [0.05, 0.1) is 12.5 Å². The highest BCUT2D eigenvalue weighted by Crippen LogP contribution is 2.19. The maximum absolute atomic E-state index is 12.9. The Balaban J connectivity index is 2.89. The predicted octanol–water partition coefficient (Wildman–Crippen LogP) is -2.15. The number of amides is 4. The highest BCUT2D eigenvalue weighted by atomic mass is 32.2. The number of rotatable bonds is 14. The van der Waals surface area contributed by atoms with E-state index in [-0.39, 0.29) is 25.8 Å². The number of carboxylic acid groups (broad SMARTS) is 2. The number of nitrogens with zero attached hydrogens (tertiary/aromatic N) is 1. The molecule has 1 fully saturated rings. The van der Waals surface area contributed by atoms with Crippen molar-refractivity contribution in [2.45, 2.75) is 62.7 Å².